The van der Waals surface area contributed by atoms with E-state index in [1.165, 1.54) is 39.0 Å². The van der Waals surface area contributed by atoms with Crippen molar-refractivity contribution in [1.29, 1.82) is 5.26 Å². The first kappa shape index (κ1) is 59.2. The third-order valence-electron chi connectivity index (χ3n) is 15.2. The molecule has 2 aliphatic rings. The maximum atomic E-state index is 13.5. The maximum absolute atomic E-state index is 13.5. The molecule has 412 valence electrons. The van der Waals surface area contributed by atoms with Crippen LogP contribution in [0.5, 0.6) is 0 Å². The Labute approximate surface area is 457 Å². The molecule has 8 rings (SSSR count). The number of hydrogen-bond donors (Lipinski definition) is 0. The SMILES string of the molecule is CN1CCC[C@@H]1Cc1cn(COCC[Si](C)(C)C)c2ccc(C(C#N)S(=O)(=O)N(C)Cc3ccccc3)cc12.CN1CCC[C@@H]1Cc1cn(COCC[Si](C)(C)C)c2ccc(CS(=O)(=O)N(C)Cc3ccccc3)cc12. The summed E-state index contributed by atoms with van der Waals surface area (Å²) in [6.45, 7) is 19.4. The topological polar surface area (TPSA) is 133 Å². The normalized spacial score (nSPS) is 17.5. The van der Waals surface area contributed by atoms with Crippen LogP contribution >= 0.6 is 0 Å². The molecule has 0 radical (unpaired) electrons. The van der Waals surface area contributed by atoms with Gasteiger partial charge in [-0.15, -0.1) is 0 Å². The van der Waals surface area contributed by atoms with Crippen molar-refractivity contribution in [3.63, 3.8) is 0 Å². The standard InChI is InChI=1S/C30H42N4O3SSi.C29H43N3O3SSi/c1-32-15-9-12-27(32)18-26-22-34(23-37-16-17-39(3,4)5)29-14-13-25(19-28(26)29)30(20-31)38(35,36)33(2)21-24-10-7-6-8-11-24;1-30-15-9-12-27(30)19-26-21-32(23-35-16-17-37(3,4)5)29-14-13-25(18-28(26)29)22-36(33,34)31(2)20-24-10-7-6-8-11-24/h6-8,10-11,13-14,19,22,27,30H,9,12,15-18,21,23H2,1-5H3;6-8,10-11,13-14,18,21,27H,9,12,15-17,19-20,22-23H2,1-5H3/t27-,30?;27-/m11/s1. The zero-order valence-corrected chi connectivity index (χ0v) is 50.7. The minimum absolute atomic E-state index is 0.00701. The summed E-state index contributed by atoms with van der Waals surface area (Å²) in [5.41, 5.74) is 7.76. The van der Waals surface area contributed by atoms with E-state index in [9.17, 15) is 22.1 Å². The second kappa shape index (κ2) is 26.0. The molecule has 4 heterocycles. The molecule has 6 aromatic rings. The molecule has 2 aliphatic heterocycles. The molecule has 0 aliphatic carbocycles. The van der Waals surface area contributed by atoms with Crippen LogP contribution in [0, 0.1) is 11.3 Å². The molecule has 0 spiro atoms. The molecular weight excluding hydrogens is 1020 g/mol. The highest BCUT2D eigenvalue weighted by atomic mass is 32.2. The Kier molecular flexibility index (Phi) is 20.3. The number of ether oxygens (including phenoxy) is 2. The monoisotopic (exact) mass is 1110 g/mol. The summed E-state index contributed by atoms with van der Waals surface area (Å²) < 4.78 is 72.7. The lowest BCUT2D eigenvalue weighted by molar-refractivity contribution is 0.0900. The molecular formula is C59H85N7O6S2Si2. The Morgan fingerprint density at radius 2 is 1.09 bits per heavy atom. The van der Waals surface area contributed by atoms with E-state index in [1.54, 1.807) is 20.2 Å². The quantitative estimate of drug-likeness (QED) is 0.0429. The fourth-order valence-corrected chi connectivity index (χ4v) is 14.3. The van der Waals surface area contributed by atoms with Crippen molar-refractivity contribution in [2.75, 3.05) is 54.5 Å². The second-order valence-electron chi connectivity index (χ2n) is 23.8. The van der Waals surface area contributed by atoms with Crippen molar-refractivity contribution in [3.8, 4) is 6.07 Å². The van der Waals surface area contributed by atoms with E-state index in [4.69, 9.17) is 9.47 Å². The van der Waals surface area contributed by atoms with Gasteiger partial charge in [-0.05, 0) is 135 Å². The van der Waals surface area contributed by atoms with Crippen LogP contribution in [0.25, 0.3) is 21.8 Å². The van der Waals surface area contributed by atoms with Gasteiger partial charge in [0.15, 0.2) is 5.25 Å². The molecule has 2 fully saturated rings. The first-order valence-electron chi connectivity index (χ1n) is 27.2. The van der Waals surface area contributed by atoms with Crippen molar-refractivity contribution in [2.24, 2.45) is 0 Å². The zero-order chi connectivity index (χ0) is 54.8. The lowest BCUT2D eigenvalue weighted by atomic mass is 10.0. The van der Waals surface area contributed by atoms with Gasteiger partial charge in [0.25, 0.3) is 0 Å². The predicted octanol–water partition coefficient (Wildman–Crippen LogP) is 11.2. The predicted molar refractivity (Wildman–Crippen MR) is 317 cm³/mol. The molecule has 0 saturated carbocycles. The van der Waals surface area contributed by atoms with Crippen molar-refractivity contribution < 1.29 is 26.3 Å². The molecule has 0 bridgehead atoms. The maximum Gasteiger partial charge on any atom is 0.234 e. The van der Waals surface area contributed by atoms with E-state index >= 15 is 0 Å². The van der Waals surface area contributed by atoms with Crippen LogP contribution in [0.4, 0.5) is 0 Å². The minimum Gasteiger partial charge on any atom is -0.361 e. The average Bonchev–Trinajstić information content (AvgIpc) is 4.16. The van der Waals surface area contributed by atoms with Crippen molar-refractivity contribution in [2.45, 2.75) is 140 Å². The van der Waals surface area contributed by atoms with Crippen LogP contribution in [0.3, 0.4) is 0 Å². The Hall–Kier alpha value is -4.46. The molecule has 13 nitrogen and oxygen atoms in total. The summed E-state index contributed by atoms with van der Waals surface area (Å²) in [7, 11) is -2.10. The van der Waals surface area contributed by atoms with Gasteiger partial charge in [0.2, 0.25) is 20.0 Å². The summed E-state index contributed by atoms with van der Waals surface area (Å²) in [6, 6.07) is 36.3. The number of aromatic nitrogens is 2. The number of benzene rings is 4. The van der Waals surface area contributed by atoms with Crippen LogP contribution in [-0.4, -0.2) is 127 Å². The number of likely N-dealkylation sites (N-methyl/N-ethyl adjacent to an activating group) is 2. The highest BCUT2D eigenvalue weighted by Crippen LogP contribution is 2.33. The Balaban J connectivity index is 0.000000221. The summed E-state index contributed by atoms with van der Waals surface area (Å²) >= 11 is 0. The van der Waals surface area contributed by atoms with Gasteiger partial charge in [0.1, 0.15) is 13.5 Å². The van der Waals surface area contributed by atoms with E-state index in [0.29, 0.717) is 37.7 Å². The lowest BCUT2D eigenvalue weighted by Crippen LogP contribution is -2.30. The fourth-order valence-electron chi connectivity index (χ4n) is 10.3. The molecule has 0 N–H and O–H groups in total. The van der Waals surface area contributed by atoms with Crippen LogP contribution < -0.4 is 0 Å². The van der Waals surface area contributed by atoms with Crippen molar-refractivity contribution >= 4 is 58.0 Å². The fraction of sp³-hybridized carbons (Fsp3) is 0.508. The molecule has 2 saturated heterocycles. The van der Waals surface area contributed by atoms with Gasteiger partial charge in [-0.25, -0.2) is 21.1 Å². The minimum atomic E-state index is -3.90. The highest BCUT2D eigenvalue weighted by Gasteiger charge is 2.33. The van der Waals surface area contributed by atoms with Crippen LogP contribution in [0.1, 0.15) is 64.3 Å². The molecule has 76 heavy (non-hydrogen) atoms. The van der Waals surface area contributed by atoms with Gasteiger partial charge in [-0.3, -0.25) is 0 Å². The summed E-state index contributed by atoms with van der Waals surface area (Å²) in [4.78, 5) is 4.85. The second-order valence-corrected chi connectivity index (χ2v) is 39.3. The third-order valence-corrected chi connectivity index (χ3v) is 22.4. The Bertz CT molecular complexity index is 3110. The van der Waals surface area contributed by atoms with Gasteiger partial charge in [-0.2, -0.15) is 9.57 Å². The number of fused-ring (bicyclic) bond motifs is 2. The van der Waals surface area contributed by atoms with E-state index in [2.05, 4.69) is 103 Å². The van der Waals surface area contributed by atoms with Crippen LogP contribution in [0.15, 0.2) is 109 Å². The molecule has 4 aromatic carbocycles. The summed E-state index contributed by atoms with van der Waals surface area (Å²) in [5.74, 6) is -0.00701. The number of nitriles is 1. The molecule has 17 heteroatoms. The molecule has 0 amide bonds. The summed E-state index contributed by atoms with van der Waals surface area (Å²) in [5, 5.41) is 10.9. The number of hydrogen-bond acceptors (Lipinski definition) is 9. The van der Waals surface area contributed by atoms with Gasteiger partial charge >= 0.3 is 0 Å². The average molecular weight is 1110 g/mol. The number of rotatable bonds is 24. The van der Waals surface area contributed by atoms with Crippen molar-refractivity contribution in [1.82, 2.24) is 27.5 Å². The highest BCUT2D eigenvalue weighted by molar-refractivity contribution is 7.89. The number of nitrogens with zero attached hydrogens (tertiary/aromatic N) is 7. The Morgan fingerprint density at radius 3 is 1.54 bits per heavy atom. The van der Waals surface area contributed by atoms with E-state index < -0.39 is 41.4 Å². The van der Waals surface area contributed by atoms with Crippen molar-refractivity contribution in [3.05, 3.63) is 143 Å². The van der Waals surface area contributed by atoms with Crippen LogP contribution in [0.2, 0.25) is 51.4 Å². The lowest BCUT2D eigenvalue weighted by Gasteiger charge is -2.21. The Morgan fingerprint density at radius 1 is 0.632 bits per heavy atom. The first-order valence-corrected chi connectivity index (χ1v) is 37.7. The molecule has 1 unspecified atom stereocenters. The van der Waals surface area contributed by atoms with Gasteiger partial charge in [0, 0.05) is 91.8 Å². The van der Waals surface area contributed by atoms with Gasteiger partial charge in [-0.1, -0.05) is 112 Å². The van der Waals surface area contributed by atoms with E-state index in [1.807, 2.05) is 78.9 Å². The number of likely N-dealkylation sites (tertiary alicyclic amines) is 2. The first-order chi connectivity index (χ1) is 36.0. The third kappa shape index (κ3) is 16.1. The van der Waals surface area contributed by atoms with E-state index in [-0.39, 0.29) is 12.3 Å². The number of sulfonamides is 2. The molecule has 3 atom stereocenters. The van der Waals surface area contributed by atoms with E-state index in [0.717, 1.165) is 96.2 Å². The van der Waals surface area contributed by atoms with Gasteiger partial charge < -0.3 is 28.4 Å². The zero-order valence-electron chi connectivity index (χ0n) is 47.0. The summed E-state index contributed by atoms with van der Waals surface area (Å²) in [6.07, 6.45) is 11.0. The molecule has 2 aromatic heterocycles. The van der Waals surface area contributed by atoms with Crippen LogP contribution in [-0.2, 0) is 74.7 Å². The largest absolute Gasteiger partial charge is 0.361 e. The van der Waals surface area contributed by atoms with Gasteiger partial charge in [0.05, 0.1) is 22.9 Å². The smallest absolute Gasteiger partial charge is 0.234 e.